The van der Waals surface area contributed by atoms with Crippen molar-refractivity contribution in [3.8, 4) is 22.4 Å². The minimum Gasteiger partial charge on any atom is -0.381 e. The van der Waals surface area contributed by atoms with Crippen LogP contribution in [0.25, 0.3) is 22.4 Å². The van der Waals surface area contributed by atoms with E-state index in [9.17, 15) is 0 Å². The molecule has 4 aromatic heterocycles. The van der Waals surface area contributed by atoms with Crippen LogP contribution in [0.15, 0.2) is 55.1 Å². The summed E-state index contributed by atoms with van der Waals surface area (Å²) in [4.78, 5) is 9.72. The monoisotopic (exact) mass is 520 g/mol. The van der Waals surface area contributed by atoms with Gasteiger partial charge in [-0.15, -0.1) is 0 Å². The molecule has 9 heteroatoms. The smallest absolute Gasteiger partial charge is 0.134 e. The maximum atomic E-state index is 5.52. The van der Waals surface area contributed by atoms with Crippen LogP contribution in [0.1, 0.15) is 52.9 Å². The molecule has 0 radical (unpaired) electrons. The lowest BCUT2D eigenvalue weighted by atomic mass is 9.91. The zero-order valence-corrected chi connectivity index (χ0v) is 22.4. The highest BCUT2D eigenvalue weighted by atomic mass is 16.5. The third-order valence-corrected chi connectivity index (χ3v) is 7.93. The first-order valence-corrected chi connectivity index (χ1v) is 13.7. The molecule has 0 atom stereocenters. The van der Waals surface area contributed by atoms with E-state index < -0.39 is 0 Å². The van der Waals surface area contributed by atoms with E-state index in [1.807, 2.05) is 48.1 Å². The quantitative estimate of drug-likeness (QED) is 0.335. The number of benzene rings is 1. The van der Waals surface area contributed by atoms with Crippen molar-refractivity contribution in [2.75, 3.05) is 13.2 Å². The number of rotatable bonds is 6. The first-order valence-electron chi connectivity index (χ1n) is 13.7. The highest BCUT2D eigenvalue weighted by molar-refractivity contribution is 5.71. The van der Waals surface area contributed by atoms with E-state index in [2.05, 4.69) is 50.3 Å². The molecule has 1 saturated heterocycles. The van der Waals surface area contributed by atoms with Crippen molar-refractivity contribution in [1.29, 1.82) is 0 Å². The Morgan fingerprint density at radius 3 is 2.72 bits per heavy atom. The average Bonchev–Trinajstić information content (AvgIpc) is 3.69. The van der Waals surface area contributed by atoms with E-state index in [1.165, 1.54) is 27.9 Å². The lowest BCUT2D eigenvalue weighted by Crippen LogP contribution is -2.19. The molecule has 5 heterocycles. The predicted octanol–water partition coefficient (Wildman–Crippen LogP) is 4.11. The summed E-state index contributed by atoms with van der Waals surface area (Å²) in [7, 11) is 3.98. The zero-order chi connectivity index (χ0) is 26.3. The number of nitrogens with zero attached hydrogens (tertiary/aromatic N) is 8. The highest BCUT2D eigenvalue weighted by Gasteiger charge is 2.26. The number of hydrogen-bond acceptors (Lipinski definition) is 6. The molecule has 1 fully saturated rings. The Kier molecular flexibility index (Phi) is 6.08. The number of aromatic nitrogens is 8. The van der Waals surface area contributed by atoms with Gasteiger partial charge in [-0.1, -0.05) is 24.3 Å². The second-order valence-electron chi connectivity index (χ2n) is 10.6. The summed E-state index contributed by atoms with van der Waals surface area (Å²) < 4.78 is 11.5. The van der Waals surface area contributed by atoms with Crippen molar-refractivity contribution in [2.45, 2.75) is 44.6 Å². The van der Waals surface area contributed by atoms with Crippen LogP contribution < -0.4 is 0 Å². The molecule has 7 rings (SSSR count). The van der Waals surface area contributed by atoms with Crippen molar-refractivity contribution in [2.24, 2.45) is 14.1 Å². The fourth-order valence-electron chi connectivity index (χ4n) is 5.86. The molecule has 0 N–H and O–H groups in total. The highest BCUT2D eigenvalue weighted by Crippen LogP contribution is 2.36. The molecule has 0 amide bonds. The van der Waals surface area contributed by atoms with E-state index in [1.54, 1.807) is 0 Å². The summed E-state index contributed by atoms with van der Waals surface area (Å²) in [6.45, 7) is 1.62. The summed E-state index contributed by atoms with van der Waals surface area (Å²) in [6.07, 6.45) is 13.4. The van der Waals surface area contributed by atoms with Crippen molar-refractivity contribution in [1.82, 2.24) is 39.3 Å². The lowest BCUT2D eigenvalue weighted by molar-refractivity contribution is 0.0662. The topological polar surface area (TPSA) is 88.5 Å². The number of fused-ring (bicyclic) bond motifs is 3. The van der Waals surface area contributed by atoms with Gasteiger partial charge in [0.25, 0.3) is 0 Å². The molecule has 1 aliphatic heterocycles. The van der Waals surface area contributed by atoms with Crippen LogP contribution in [0.4, 0.5) is 0 Å². The van der Waals surface area contributed by atoms with Crippen molar-refractivity contribution in [3.05, 3.63) is 89.2 Å². The molecule has 2 aliphatic rings. The number of hydrogen-bond donors (Lipinski definition) is 0. The third kappa shape index (κ3) is 4.67. The van der Waals surface area contributed by atoms with Gasteiger partial charge in [-0.2, -0.15) is 15.3 Å². The Hall–Kier alpha value is -4.11. The molecule has 1 aliphatic carbocycles. The van der Waals surface area contributed by atoms with Gasteiger partial charge in [-0.25, -0.2) is 9.97 Å². The molecule has 39 heavy (non-hydrogen) atoms. The van der Waals surface area contributed by atoms with Crippen LogP contribution in [0, 0.1) is 0 Å². The van der Waals surface area contributed by atoms with Gasteiger partial charge in [-0.3, -0.25) is 14.0 Å². The molecular formula is C30H32N8O. The van der Waals surface area contributed by atoms with Gasteiger partial charge in [0.1, 0.15) is 5.82 Å². The summed E-state index contributed by atoms with van der Waals surface area (Å²) in [5.74, 6) is 0.790. The molecule has 1 aromatic carbocycles. The average molecular weight is 521 g/mol. The first-order chi connectivity index (χ1) is 19.1. The Balaban J connectivity index is 1.18. The van der Waals surface area contributed by atoms with E-state index in [0.717, 1.165) is 73.8 Å². The van der Waals surface area contributed by atoms with Crippen molar-refractivity contribution < 1.29 is 4.74 Å². The number of aryl methyl sites for hydroxylation is 4. The van der Waals surface area contributed by atoms with Gasteiger partial charge >= 0.3 is 0 Å². The molecule has 198 valence electrons. The predicted molar refractivity (Wildman–Crippen MR) is 147 cm³/mol. The summed E-state index contributed by atoms with van der Waals surface area (Å²) in [5.41, 5.74) is 10.2. The van der Waals surface area contributed by atoms with Crippen LogP contribution in [0.2, 0.25) is 0 Å². The molecule has 5 aromatic rings. The van der Waals surface area contributed by atoms with Gasteiger partial charge in [0.15, 0.2) is 0 Å². The minimum absolute atomic E-state index is 0.418. The second kappa shape index (κ2) is 9.89. The van der Waals surface area contributed by atoms with Gasteiger partial charge in [-0.05, 0) is 48.4 Å². The Morgan fingerprint density at radius 2 is 1.87 bits per heavy atom. The second-order valence-corrected chi connectivity index (χ2v) is 10.6. The summed E-state index contributed by atoms with van der Waals surface area (Å²) >= 11 is 0. The van der Waals surface area contributed by atoms with Gasteiger partial charge < -0.3 is 4.74 Å². The summed E-state index contributed by atoms with van der Waals surface area (Å²) in [6, 6.07) is 11.2. The Bertz CT molecular complexity index is 1640. The van der Waals surface area contributed by atoms with Gasteiger partial charge in [0.2, 0.25) is 0 Å². The maximum absolute atomic E-state index is 5.52. The van der Waals surface area contributed by atoms with Crippen LogP contribution >= 0.6 is 0 Å². The van der Waals surface area contributed by atoms with Crippen LogP contribution in [0.3, 0.4) is 0 Å². The Morgan fingerprint density at radius 1 is 0.974 bits per heavy atom. The first kappa shape index (κ1) is 24.0. The van der Waals surface area contributed by atoms with Crippen LogP contribution in [-0.2, 0) is 44.5 Å². The SMILES string of the molecule is Cn1ccc(Cc2ncc3c(n2)-c2c(nn(C)c2Cc2cccc(-c4cnn(C5CCOCC5)c4)c2)CC3)n1. The Labute approximate surface area is 227 Å². The summed E-state index contributed by atoms with van der Waals surface area (Å²) in [5, 5.41) is 14.1. The molecule has 0 unspecified atom stereocenters. The molecule has 0 spiro atoms. The van der Waals surface area contributed by atoms with Crippen molar-refractivity contribution >= 4 is 0 Å². The van der Waals surface area contributed by atoms with Crippen LogP contribution in [0.5, 0.6) is 0 Å². The maximum Gasteiger partial charge on any atom is 0.134 e. The zero-order valence-electron chi connectivity index (χ0n) is 22.4. The van der Waals surface area contributed by atoms with Crippen molar-refractivity contribution in [3.63, 3.8) is 0 Å². The van der Waals surface area contributed by atoms with Gasteiger partial charge in [0.05, 0.1) is 41.4 Å². The minimum atomic E-state index is 0.418. The molecular weight excluding hydrogens is 488 g/mol. The van der Waals surface area contributed by atoms with E-state index in [0.29, 0.717) is 12.5 Å². The van der Waals surface area contributed by atoms with E-state index in [-0.39, 0.29) is 0 Å². The molecule has 0 bridgehead atoms. The fourth-order valence-corrected chi connectivity index (χ4v) is 5.86. The normalized spacial score (nSPS) is 15.3. The molecule has 0 saturated carbocycles. The lowest BCUT2D eigenvalue weighted by Gasteiger charge is -2.22. The molecule has 9 nitrogen and oxygen atoms in total. The van der Waals surface area contributed by atoms with E-state index >= 15 is 0 Å². The number of ether oxygens (including phenoxy) is 1. The van der Waals surface area contributed by atoms with Crippen LogP contribution in [-0.4, -0.2) is 52.5 Å². The largest absolute Gasteiger partial charge is 0.381 e. The third-order valence-electron chi connectivity index (χ3n) is 7.93. The standard InChI is InChI=1S/C30H32N8O/c1-36-11-8-24(34-36)16-28-31-17-22-6-7-26-29(30(22)33-28)27(37(2)35-26)15-20-4-3-5-21(14-20)23-18-32-38(19-23)25-9-12-39-13-10-25/h3-5,8,11,14,17-19,25H,6-7,9-10,12-13,15-16H2,1-2H3. The van der Waals surface area contributed by atoms with E-state index in [4.69, 9.17) is 14.8 Å². The van der Waals surface area contributed by atoms with Gasteiger partial charge in [0, 0.05) is 63.4 Å². The fraction of sp³-hybridized carbons (Fsp3) is 0.367.